The number of phenolic OH excluding ortho intramolecular Hbond substituents is 2. The van der Waals surface area contributed by atoms with Gasteiger partial charge < -0.3 is 49.2 Å². The van der Waals surface area contributed by atoms with Crippen molar-refractivity contribution in [3.05, 3.63) is 72.5 Å². The van der Waals surface area contributed by atoms with Gasteiger partial charge in [-0.3, -0.25) is 0 Å². The van der Waals surface area contributed by atoms with Gasteiger partial charge in [-0.2, -0.15) is 0 Å². The molecule has 2 aromatic carbocycles. The molecule has 0 unspecified atom stereocenters. The summed E-state index contributed by atoms with van der Waals surface area (Å²) in [5, 5.41) is 51.7. The van der Waals surface area contributed by atoms with Crippen molar-refractivity contribution in [3.8, 4) is 22.6 Å². The van der Waals surface area contributed by atoms with Crippen molar-refractivity contribution in [2.45, 2.75) is 43.4 Å². The van der Waals surface area contributed by atoms with Crippen molar-refractivity contribution in [2.24, 2.45) is 11.8 Å². The fourth-order valence-electron chi connectivity index (χ4n) is 5.31. The van der Waals surface area contributed by atoms with Crippen LogP contribution in [0.5, 0.6) is 11.5 Å². The first-order chi connectivity index (χ1) is 19.7. The van der Waals surface area contributed by atoms with Crippen LogP contribution in [0.25, 0.3) is 11.1 Å². The third-order valence-corrected chi connectivity index (χ3v) is 7.41. The van der Waals surface area contributed by atoms with Gasteiger partial charge in [0.1, 0.15) is 29.8 Å². The quantitative estimate of drug-likeness (QED) is 0.238. The molecule has 0 bridgehead atoms. The van der Waals surface area contributed by atoms with Gasteiger partial charge in [0.2, 0.25) is 12.6 Å². The highest BCUT2D eigenvalue weighted by Gasteiger charge is 2.50. The number of cyclic esters (lactones) is 1. The average molecular weight is 571 g/mol. The molecule has 3 aliphatic rings. The van der Waals surface area contributed by atoms with E-state index in [1.54, 1.807) is 12.1 Å². The van der Waals surface area contributed by atoms with Gasteiger partial charge in [-0.25, -0.2) is 9.59 Å². The van der Waals surface area contributed by atoms with Crippen LogP contribution in [0.1, 0.15) is 16.8 Å². The molecule has 0 amide bonds. The van der Waals surface area contributed by atoms with Crippen LogP contribution in [0.4, 0.5) is 0 Å². The third-order valence-electron chi connectivity index (χ3n) is 7.41. The number of aliphatic hydroxyl groups is 3. The van der Waals surface area contributed by atoms with Crippen molar-refractivity contribution in [2.75, 3.05) is 13.2 Å². The van der Waals surface area contributed by atoms with Crippen molar-refractivity contribution < 1.29 is 58.8 Å². The van der Waals surface area contributed by atoms with Gasteiger partial charge in [0.05, 0.1) is 30.6 Å². The Bertz CT molecular complexity index is 1340. The van der Waals surface area contributed by atoms with Gasteiger partial charge in [-0.1, -0.05) is 24.3 Å². The Morgan fingerprint density at radius 1 is 1.10 bits per heavy atom. The number of hydrogen-bond acceptors (Lipinski definition) is 12. The Morgan fingerprint density at radius 3 is 2.61 bits per heavy atom. The highest BCUT2D eigenvalue weighted by molar-refractivity contribution is 5.99. The molecule has 41 heavy (non-hydrogen) atoms. The molecule has 2 saturated heterocycles. The number of aromatic hydroxyl groups is 2. The number of carbonyl (C=O) groups is 2. The van der Waals surface area contributed by atoms with E-state index < -0.39 is 61.5 Å². The molecule has 2 aromatic rings. The summed E-state index contributed by atoms with van der Waals surface area (Å²) in [6.07, 6.45) is -5.66. The largest absolute Gasteiger partial charge is 0.508 e. The number of esters is 2. The van der Waals surface area contributed by atoms with Crippen LogP contribution in [-0.4, -0.2) is 87.7 Å². The minimum Gasteiger partial charge on any atom is -0.508 e. The average Bonchev–Trinajstić information content (AvgIpc) is 2.96. The zero-order chi connectivity index (χ0) is 29.3. The summed E-state index contributed by atoms with van der Waals surface area (Å²) in [7, 11) is 0. The SMILES string of the molecule is C=C[C@H]1[C@@H](O[C@H]2O[C@H](CO)[C@@H](O)[C@@H](O)[C@H]2OC(=O)c2cccc(O)c2-c2cccc(O)c2)OC=C2C(=O)OCC[C@H]21. The van der Waals surface area contributed by atoms with E-state index in [-0.39, 0.29) is 35.2 Å². The molecule has 12 heteroatoms. The van der Waals surface area contributed by atoms with Crippen LogP contribution in [-0.2, 0) is 28.5 Å². The number of ether oxygens (including phenoxy) is 5. The maximum Gasteiger partial charge on any atom is 0.339 e. The zero-order valence-electron chi connectivity index (χ0n) is 21.7. The molecule has 2 fully saturated rings. The van der Waals surface area contributed by atoms with Gasteiger partial charge >= 0.3 is 11.9 Å². The fourth-order valence-corrected chi connectivity index (χ4v) is 5.31. The van der Waals surface area contributed by atoms with Crippen LogP contribution in [0.3, 0.4) is 0 Å². The number of rotatable bonds is 7. The molecular weight excluding hydrogens is 540 g/mol. The molecule has 0 radical (unpaired) electrons. The molecular formula is C29H30O12. The van der Waals surface area contributed by atoms with E-state index in [0.29, 0.717) is 17.6 Å². The summed E-state index contributed by atoms with van der Waals surface area (Å²) < 4.78 is 28.1. The van der Waals surface area contributed by atoms with Crippen molar-refractivity contribution in [1.82, 2.24) is 0 Å². The minimum absolute atomic E-state index is 0.0649. The van der Waals surface area contributed by atoms with E-state index in [2.05, 4.69) is 6.58 Å². The number of hydrogen-bond donors (Lipinski definition) is 5. The molecule has 218 valence electrons. The summed E-state index contributed by atoms with van der Waals surface area (Å²) in [6, 6.07) is 10.0. The first-order valence-electron chi connectivity index (χ1n) is 13.0. The number of benzene rings is 2. The van der Waals surface area contributed by atoms with E-state index in [9.17, 15) is 35.1 Å². The fraction of sp³-hybridized carbons (Fsp3) is 0.379. The Labute approximate surface area is 234 Å². The second kappa shape index (κ2) is 11.9. The van der Waals surface area contributed by atoms with Gasteiger partial charge in [-0.15, -0.1) is 6.58 Å². The van der Waals surface area contributed by atoms with Crippen molar-refractivity contribution in [1.29, 1.82) is 0 Å². The predicted octanol–water partition coefficient (Wildman–Crippen LogP) is 1.35. The Balaban J connectivity index is 1.44. The Morgan fingerprint density at radius 2 is 1.88 bits per heavy atom. The van der Waals surface area contributed by atoms with Crippen LogP contribution < -0.4 is 0 Å². The summed E-state index contributed by atoms with van der Waals surface area (Å²) in [5.74, 6) is -2.77. The van der Waals surface area contributed by atoms with Gasteiger partial charge in [0, 0.05) is 17.4 Å². The number of phenols is 2. The van der Waals surface area contributed by atoms with Gasteiger partial charge in [-0.05, 0) is 36.2 Å². The second-order valence-corrected chi connectivity index (χ2v) is 9.88. The summed E-state index contributed by atoms with van der Waals surface area (Å²) in [5.41, 5.74) is 0.601. The molecule has 5 N–H and O–H groups in total. The predicted molar refractivity (Wildman–Crippen MR) is 139 cm³/mol. The van der Waals surface area contributed by atoms with E-state index in [4.69, 9.17) is 23.7 Å². The molecule has 8 atom stereocenters. The van der Waals surface area contributed by atoms with Crippen LogP contribution in [0.15, 0.2) is 67.0 Å². The Hall–Kier alpha value is -3.94. The first kappa shape index (κ1) is 28.6. The normalized spacial score (nSPS) is 31.2. The monoisotopic (exact) mass is 570 g/mol. The van der Waals surface area contributed by atoms with Crippen LogP contribution in [0, 0.1) is 11.8 Å². The summed E-state index contributed by atoms with van der Waals surface area (Å²) >= 11 is 0. The molecule has 5 rings (SSSR count). The molecule has 0 aromatic heterocycles. The molecule has 3 heterocycles. The first-order valence-corrected chi connectivity index (χ1v) is 13.0. The van der Waals surface area contributed by atoms with E-state index >= 15 is 0 Å². The lowest BCUT2D eigenvalue weighted by Gasteiger charge is -2.44. The van der Waals surface area contributed by atoms with E-state index in [1.165, 1.54) is 42.7 Å². The third kappa shape index (κ3) is 5.52. The molecule has 12 nitrogen and oxygen atoms in total. The van der Waals surface area contributed by atoms with Crippen molar-refractivity contribution >= 4 is 11.9 Å². The standard InChI is InChI=1S/C29H30O12/c1-2-16-17-9-10-37-26(35)19(17)13-38-28(16)41-29-25(24(34)23(33)21(12-30)39-29)40-27(36)18-7-4-8-20(32)22(18)14-5-3-6-15(31)11-14/h2-8,11,13,16-17,21,23-25,28-34H,1,9-10,12H2/t16-,17+,21-,23-,24-,25-,28-,29-/m1/s1. The lowest BCUT2D eigenvalue weighted by Crippen LogP contribution is -2.61. The van der Waals surface area contributed by atoms with E-state index in [1.807, 2.05) is 0 Å². The van der Waals surface area contributed by atoms with Crippen LogP contribution in [0.2, 0.25) is 0 Å². The molecule has 0 spiro atoms. The number of fused-ring (bicyclic) bond motifs is 1. The van der Waals surface area contributed by atoms with Gasteiger partial charge in [0.15, 0.2) is 6.10 Å². The summed E-state index contributed by atoms with van der Waals surface area (Å²) in [6.45, 7) is 3.34. The molecule has 0 aliphatic carbocycles. The lowest BCUT2D eigenvalue weighted by molar-refractivity contribution is -0.338. The Kier molecular flexibility index (Phi) is 8.29. The summed E-state index contributed by atoms with van der Waals surface area (Å²) in [4.78, 5) is 25.7. The van der Waals surface area contributed by atoms with Crippen molar-refractivity contribution in [3.63, 3.8) is 0 Å². The highest BCUT2D eigenvalue weighted by Crippen LogP contribution is 2.40. The zero-order valence-corrected chi connectivity index (χ0v) is 21.7. The van der Waals surface area contributed by atoms with Gasteiger partial charge in [0.25, 0.3) is 0 Å². The molecule has 0 saturated carbocycles. The number of aliphatic hydroxyl groups excluding tert-OH is 3. The number of carbonyl (C=O) groups excluding carboxylic acids is 2. The molecule has 3 aliphatic heterocycles. The highest BCUT2D eigenvalue weighted by atomic mass is 16.8. The maximum absolute atomic E-state index is 13.5. The minimum atomic E-state index is -1.75. The van der Waals surface area contributed by atoms with Crippen LogP contribution >= 0.6 is 0 Å². The maximum atomic E-state index is 13.5. The lowest BCUT2D eigenvalue weighted by atomic mass is 9.81. The smallest absolute Gasteiger partial charge is 0.339 e. The second-order valence-electron chi connectivity index (χ2n) is 9.88. The van der Waals surface area contributed by atoms with E-state index in [0.717, 1.165) is 0 Å². The topological polar surface area (TPSA) is 181 Å².